The first-order chi connectivity index (χ1) is 15.4. The highest BCUT2D eigenvalue weighted by atomic mass is 35.5. The lowest BCUT2D eigenvalue weighted by Crippen LogP contribution is -2.08. The second kappa shape index (κ2) is 7.59. The Hall–Kier alpha value is -4.02. The average molecular weight is 440 g/mol. The van der Waals surface area contributed by atoms with Crippen LogP contribution in [0.1, 0.15) is 22.3 Å². The number of nitriles is 1. The molecule has 7 nitrogen and oxygen atoms in total. The van der Waals surface area contributed by atoms with E-state index in [1.54, 1.807) is 4.68 Å². The number of nitrogens with one attached hydrogen (secondary N) is 1. The Labute approximate surface area is 189 Å². The molecule has 0 radical (unpaired) electrons. The maximum absolute atomic E-state index is 9.67. The molecular weight excluding hydrogens is 422 g/mol. The molecule has 2 aromatic carbocycles. The van der Waals surface area contributed by atoms with Gasteiger partial charge in [0.2, 0.25) is 0 Å². The maximum atomic E-state index is 9.67. The number of nitrogens with zero attached hydrogens (tertiary/aromatic N) is 6. The average Bonchev–Trinajstić information content (AvgIpc) is 3.17. The summed E-state index contributed by atoms with van der Waals surface area (Å²) in [5.41, 5.74) is 5.95. The summed E-state index contributed by atoms with van der Waals surface area (Å²) in [5.74, 6) is 1.36. The lowest BCUT2D eigenvalue weighted by atomic mass is 10.0. The van der Waals surface area contributed by atoms with Crippen molar-refractivity contribution in [3.05, 3.63) is 76.1 Å². The van der Waals surface area contributed by atoms with E-state index in [2.05, 4.69) is 45.5 Å². The highest BCUT2D eigenvalue weighted by Gasteiger charge is 2.18. The molecule has 0 atom stereocenters. The molecule has 0 saturated carbocycles. The third kappa shape index (κ3) is 3.31. The number of para-hydroxylation sites is 2. The van der Waals surface area contributed by atoms with Gasteiger partial charge in [-0.15, -0.1) is 0 Å². The van der Waals surface area contributed by atoms with E-state index < -0.39 is 0 Å². The Balaban J connectivity index is 1.67. The molecule has 0 aliphatic rings. The van der Waals surface area contributed by atoms with Crippen molar-refractivity contribution in [2.24, 2.45) is 0 Å². The van der Waals surface area contributed by atoms with Gasteiger partial charge in [-0.05, 0) is 56.2 Å². The Kier molecular flexibility index (Phi) is 4.72. The van der Waals surface area contributed by atoms with Crippen molar-refractivity contribution in [3.8, 4) is 11.9 Å². The predicted molar refractivity (Wildman–Crippen MR) is 126 cm³/mol. The monoisotopic (exact) mass is 439 g/mol. The topological polar surface area (TPSA) is 92.3 Å². The first kappa shape index (κ1) is 19.9. The van der Waals surface area contributed by atoms with Crippen LogP contribution < -0.4 is 5.32 Å². The molecule has 32 heavy (non-hydrogen) atoms. The molecule has 3 heterocycles. The number of rotatable bonds is 3. The van der Waals surface area contributed by atoms with Gasteiger partial charge < -0.3 is 5.32 Å². The van der Waals surface area contributed by atoms with E-state index in [1.165, 1.54) is 11.8 Å². The van der Waals surface area contributed by atoms with Crippen molar-refractivity contribution in [2.75, 3.05) is 5.32 Å². The second-order valence-corrected chi connectivity index (χ2v) is 8.04. The number of hydrogen-bond donors (Lipinski definition) is 1. The fraction of sp³-hybridized carbons (Fsp3) is 0.125. The molecule has 1 N–H and O–H groups in total. The van der Waals surface area contributed by atoms with E-state index in [0.29, 0.717) is 34.1 Å². The fourth-order valence-corrected chi connectivity index (χ4v) is 4.01. The van der Waals surface area contributed by atoms with Crippen molar-refractivity contribution < 1.29 is 0 Å². The summed E-state index contributed by atoms with van der Waals surface area (Å²) >= 11 is 6.39. The summed E-state index contributed by atoms with van der Waals surface area (Å²) in [7, 11) is 0. The summed E-state index contributed by atoms with van der Waals surface area (Å²) in [6, 6.07) is 15.8. The molecule has 0 fully saturated rings. The molecule has 0 amide bonds. The molecule has 156 valence electrons. The highest BCUT2D eigenvalue weighted by Crippen LogP contribution is 2.30. The molecule has 0 aliphatic carbocycles. The second-order valence-electron chi connectivity index (χ2n) is 7.68. The van der Waals surface area contributed by atoms with Gasteiger partial charge in [-0.1, -0.05) is 35.4 Å². The normalized spacial score (nSPS) is 11.1. The van der Waals surface area contributed by atoms with Gasteiger partial charge in [0.05, 0.1) is 22.7 Å². The number of hydrogen-bond acceptors (Lipinski definition) is 6. The van der Waals surface area contributed by atoms with E-state index in [1.807, 2.05) is 44.2 Å². The molecule has 0 saturated heterocycles. The van der Waals surface area contributed by atoms with E-state index >= 15 is 0 Å². The number of aromatic nitrogens is 5. The van der Waals surface area contributed by atoms with Crippen LogP contribution in [0.2, 0.25) is 5.15 Å². The van der Waals surface area contributed by atoms with Crippen LogP contribution in [0.3, 0.4) is 0 Å². The van der Waals surface area contributed by atoms with E-state index in [9.17, 15) is 5.26 Å². The lowest BCUT2D eigenvalue weighted by molar-refractivity contribution is 0.857. The third-order valence-corrected chi connectivity index (χ3v) is 5.58. The van der Waals surface area contributed by atoms with Gasteiger partial charge in [0, 0.05) is 5.39 Å². The zero-order valence-corrected chi connectivity index (χ0v) is 18.4. The molecule has 8 heteroatoms. The molecule has 3 aromatic heterocycles. The first-order valence-corrected chi connectivity index (χ1v) is 10.4. The quantitative estimate of drug-likeness (QED) is 0.395. The predicted octanol–water partition coefficient (Wildman–Crippen LogP) is 5.56. The van der Waals surface area contributed by atoms with E-state index in [0.717, 1.165) is 22.0 Å². The fourth-order valence-electron chi connectivity index (χ4n) is 3.83. The third-order valence-electron chi connectivity index (χ3n) is 5.31. The zero-order chi connectivity index (χ0) is 22.4. The van der Waals surface area contributed by atoms with Crippen LogP contribution in [0, 0.1) is 32.1 Å². The van der Waals surface area contributed by atoms with Crippen molar-refractivity contribution in [1.29, 1.82) is 5.26 Å². The minimum absolute atomic E-state index is 0.203. The van der Waals surface area contributed by atoms with Crippen molar-refractivity contribution in [3.63, 3.8) is 0 Å². The number of aryl methyl sites for hydroxylation is 3. The van der Waals surface area contributed by atoms with Crippen molar-refractivity contribution in [2.45, 2.75) is 20.8 Å². The number of benzene rings is 2. The number of halogens is 1. The van der Waals surface area contributed by atoms with Gasteiger partial charge in [-0.2, -0.15) is 15.0 Å². The molecule has 0 spiro atoms. The molecule has 0 bridgehead atoms. The summed E-state index contributed by atoms with van der Waals surface area (Å²) in [5, 5.41) is 18.5. The molecule has 0 unspecified atom stereocenters. The largest absolute Gasteiger partial charge is 0.321 e. The Morgan fingerprint density at radius 1 is 0.969 bits per heavy atom. The van der Waals surface area contributed by atoms with E-state index in [-0.39, 0.29) is 5.15 Å². The van der Waals surface area contributed by atoms with E-state index in [4.69, 9.17) is 16.6 Å². The van der Waals surface area contributed by atoms with Crippen molar-refractivity contribution in [1.82, 2.24) is 24.7 Å². The summed E-state index contributed by atoms with van der Waals surface area (Å²) < 4.78 is 1.59. The maximum Gasteiger partial charge on any atom is 0.172 e. The van der Waals surface area contributed by atoms with Crippen LogP contribution in [-0.4, -0.2) is 24.7 Å². The van der Waals surface area contributed by atoms with Gasteiger partial charge in [0.25, 0.3) is 0 Å². The zero-order valence-electron chi connectivity index (χ0n) is 17.7. The lowest BCUT2D eigenvalue weighted by Gasteiger charge is -2.13. The van der Waals surface area contributed by atoms with Gasteiger partial charge in [-0.3, -0.25) is 0 Å². The van der Waals surface area contributed by atoms with Gasteiger partial charge in [0.1, 0.15) is 11.6 Å². The van der Waals surface area contributed by atoms with Crippen LogP contribution in [0.5, 0.6) is 0 Å². The first-order valence-electron chi connectivity index (χ1n) is 10.0. The van der Waals surface area contributed by atoms with Gasteiger partial charge in [0.15, 0.2) is 22.6 Å². The number of pyridine rings is 1. The van der Waals surface area contributed by atoms with Gasteiger partial charge >= 0.3 is 0 Å². The molecule has 5 rings (SSSR count). The summed E-state index contributed by atoms with van der Waals surface area (Å²) in [6.07, 6.45) is 1.49. The minimum atomic E-state index is 0.203. The Morgan fingerprint density at radius 2 is 1.72 bits per heavy atom. The summed E-state index contributed by atoms with van der Waals surface area (Å²) in [6.45, 7) is 6.15. The van der Waals surface area contributed by atoms with Crippen molar-refractivity contribution >= 4 is 45.2 Å². The Bertz CT molecular complexity index is 1560. The molecular formula is C24H18ClN7. The van der Waals surface area contributed by atoms with Crippen LogP contribution >= 0.6 is 11.6 Å². The minimum Gasteiger partial charge on any atom is -0.321 e. The van der Waals surface area contributed by atoms with Crippen LogP contribution in [-0.2, 0) is 0 Å². The SMILES string of the molecule is Cc1cc(C)c2nc(-n3ncc(C#N)c3Nc3nc4ccccc4nc3Cl)cc(C)c2c1. The molecule has 5 aromatic rings. The van der Waals surface area contributed by atoms with Gasteiger partial charge in [-0.25, -0.2) is 15.0 Å². The number of anilines is 2. The van der Waals surface area contributed by atoms with Crippen LogP contribution in [0.4, 0.5) is 11.6 Å². The molecule has 0 aliphatic heterocycles. The number of fused-ring (bicyclic) bond motifs is 2. The highest BCUT2D eigenvalue weighted by molar-refractivity contribution is 6.32. The summed E-state index contributed by atoms with van der Waals surface area (Å²) in [4.78, 5) is 13.8. The smallest absolute Gasteiger partial charge is 0.172 e. The standard InChI is InChI=1S/C24H18ClN7/c1-13-8-15(3)21-17(9-13)14(2)10-20(30-21)32-24(16(11-26)12-27-32)31-23-22(25)28-18-6-4-5-7-19(18)29-23/h4-10,12H,1-3H3,(H,29,31). The Morgan fingerprint density at radius 3 is 2.47 bits per heavy atom. The van der Waals surface area contributed by atoms with Crippen LogP contribution in [0.15, 0.2) is 48.7 Å². The van der Waals surface area contributed by atoms with Crippen LogP contribution in [0.25, 0.3) is 27.8 Å².